The van der Waals surface area contributed by atoms with E-state index in [4.69, 9.17) is 0 Å². The highest BCUT2D eigenvalue weighted by atomic mass is 14.2. The maximum atomic E-state index is 2.44. The molecule has 0 spiro atoms. The van der Waals surface area contributed by atoms with Crippen molar-refractivity contribution in [2.75, 3.05) is 0 Å². The van der Waals surface area contributed by atoms with Crippen LogP contribution in [0.4, 0.5) is 0 Å². The van der Waals surface area contributed by atoms with Crippen LogP contribution in [0.25, 0.3) is 109 Å². The molecule has 0 aromatic heterocycles. The van der Waals surface area contributed by atoms with Crippen molar-refractivity contribution in [2.45, 2.75) is 0 Å². The molecule has 0 atom stereocenters. The standard InChI is InChI=1S/C54H34/c1-2-14-39-32-40(29-24-35(39)12-1)41-30-31-50-52(33-41)54(51-34-42-15-4-6-18-45(42)46-19-7-8-20-47(46)51)49-22-10-9-21-48(49)53(50)38-27-25-37(26-28-38)44-23-11-16-36-13-3-5-17-43(36)44/h1-34H. The van der Waals surface area contributed by atoms with Crippen molar-refractivity contribution in [2.24, 2.45) is 0 Å². The lowest BCUT2D eigenvalue weighted by Crippen LogP contribution is -1.93. The summed E-state index contributed by atoms with van der Waals surface area (Å²) in [6.45, 7) is 0. The number of benzene rings is 11. The Morgan fingerprint density at radius 1 is 0.185 bits per heavy atom. The number of hydrogen-bond acceptors (Lipinski definition) is 0. The summed E-state index contributed by atoms with van der Waals surface area (Å²) < 4.78 is 0. The van der Waals surface area contributed by atoms with Gasteiger partial charge < -0.3 is 0 Å². The molecule has 0 aliphatic rings. The molecule has 0 amide bonds. The van der Waals surface area contributed by atoms with E-state index in [-0.39, 0.29) is 0 Å². The van der Waals surface area contributed by atoms with E-state index >= 15 is 0 Å². The molecule has 11 aromatic carbocycles. The summed E-state index contributed by atoms with van der Waals surface area (Å²) in [6.07, 6.45) is 0. The van der Waals surface area contributed by atoms with Crippen LogP contribution < -0.4 is 0 Å². The van der Waals surface area contributed by atoms with Crippen molar-refractivity contribution in [3.63, 3.8) is 0 Å². The first-order chi connectivity index (χ1) is 26.8. The van der Waals surface area contributed by atoms with Crippen molar-refractivity contribution in [3.8, 4) is 44.5 Å². The minimum absolute atomic E-state index is 1.21. The van der Waals surface area contributed by atoms with Crippen LogP contribution in [0, 0.1) is 0 Å². The first kappa shape index (κ1) is 30.6. The van der Waals surface area contributed by atoms with Crippen LogP contribution in [-0.2, 0) is 0 Å². The van der Waals surface area contributed by atoms with Gasteiger partial charge in [0.15, 0.2) is 0 Å². The van der Waals surface area contributed by atoms with Gasteiger partial charge in [-0.3, -0.25) is 0 Å². The van der Waals surface area contributed by atoms with Crippen LogP contribution in [-0.4, -0.2) is 0 Å². The third-order valence-electron chi connectivity index (χ3n) is 11.4. The summed E-state index contributed by atoms with van der Waals surface area (Å²) in [5.74, 6) is 0. The second kappa shape index (κ2) is 12.3. The van der Waals surface area contributed by atoms with Crippen molar-refractivity contribution in [1.29, 1.82) is 0 Å². The predicted molar refractivity (Wildman–Crippen MR) is 233 cm³/mol. The number of hydrogen-bond donors (Lipinski definition) is 0. The fourth-order valence-corrected chi connectivity index (χ4v) is 8.88. The minimum Gasteiger partial charge on any atom is -0.0616 e. The summed E-state index contributed by atoms with van der Waals surface area (Å²) in [7, 11) is 0. The molecular weight excluding hydrogens is 649 g/mol. The van der Waals surface area contributed by atoms with E-state index in [0.717, 1.165) is 0 Å². The van der Waals surface area contributed by atoms with E-state index in [0.29, 0.717) is 0 Å². The van der Waals surface area contributed by atoms with Crippen LogP contribution in [0.5, 0.6) is 0 Å². The van der Waals surface area contributed by atoms with Gasteiger partial charge in [-0.25, -0.2) is 0 Å². The normalized spacial score (nSPS) is 11.7. The van der Waals surface area contributed by atoms with Crippen LogP contribution in [0.2, 0.25) is 0 Å². The lowest BCUT2D eigenvalue weighted by molar-refractivity contribution is 1.63. The molecule has 0 heteroatoms. The monoisotopic (exact) mass is 682 g/mol. The van der Waals surface area contributed by atoms with Crippen LogP contribution >= 0.6 is 0 Å². The van der Waals surface area contributed by atoms with Crippen molar-refractivity contribution < 1.29 is 0 Å². The van der Waals surface area contributed by atoms with Crippen molar-refractivity contribution in [1.82, 2.24) is 0 Å². The Balaban J connectivity index is 1.21. The van der Waals surface area contributed by atoms with E-state index in [1.54, 1.807) is 0 Å². The molecule has 0 radical (unpaired) electrons. The molecule has 0 N–H and O–H groups in total. The van der Waals surface area contributed by atoms with Crippen molar-refractivity contribution >= 4 is 64.6 Å². The van der Waals surface area contributed by atoms with Crippen molar-refractivity contribution in [3.05, 3.63) is 206 Å². The average Bonchev–Trinajstić information content (AvgIpc) is 3.25. The molecule has 0 unspecified atom stereocenters. The van der Waals surface area contributed by atoms with Gasteiger partial charge in [0.25, 0.3) is 0 Å². The molecule has 0 saturated carbocycles. The Kier molecular flexibility index (Phi) is 6.97. The molecule has 0 aliphatic carbocycles. The summed E-state index contributed by atoms with van der Waals surface area (Å²) in [5, 5.41) is 15.2. The molecule has 11 rings (SSSR count). The van der Waals surface area contributed by atoms with Gasteiger partial charge in [0, 0.05) is 0 Å². The summed E-state index contributed by atoms with van der Waals surface area (Å²) >= 11 is 0. The molecule has 0 nitrogen and oxygen atoms in total. The molecule has 11 aromatic rings. The fourth-order valence-electron chi connectivity index (χ4n) is 8.88. The first-order valence-corrected chi connectivity index (χ1v) is 18.8. The zero-order valence-corrected chi connectivity index (χ0v) is 29.6. The summed E-state index contributed by atoms with van der Waals surface area (Å²) in [6, 6.07) is 76.2. The van der Waals surface area contributed by atoms with Gasteiger partial charge in [-0.2, -0.15) is 0 Å². The van der Waals surface area contributed by atoms with E-state index in [1.807, 2.05) is 0 Å². The topological polar surface area (TPSA) is 0 Å². The Bertz CT molecular complexity index is 3250. The summed E-state index contributed by atoms with van der Waals surface area (Å²) in [4.78, 5) is 0. The Morgan fingerprint density at radius 3 is 1.50 bits per heavy atom. The quantitative estimate of drug-likeness (QED) is 0.128. The maximum Gasteiger partial charge on any atom is -0.00197 e. The van der Waals surface area contributed by atoms with E-state index in [1.165, 1.54) is 109 Å². The van der Waals surface area contributed by atoms with Gasteiger partial charge in [-0.15, -0.1) is 0 Å². The number of rotatable bonds is 4. The van der Waals surface area contributed by atoms with Crippen LogP contribution in [0.15, 0.2) is 206 Å². The zero-order valence-electron chi connectivity index (χ0n) is 29.6. The fraction of sp³-hybridized carbons (Fsp3) is 0. The van der Waals surface area contributed by atoms with E-state index in [2.05, 4.69) is 206 Å². The molecule has 0 fully saturated rings. The molecule has 0 saturated heterocycles. The molecule has 54 heavy (non-hydrogen) atoms. The average molecular weight is 683 g/mol. The van der Waals surface area contributed by atoms with Crippen LogP contribution in [0.3, 0.4) is 0 Å². The van der Waals surface area contributed by atoms with Gasteiger partial charge in [-0.1, -0.05) is 188 Å². The summed E-state index contributed by atoms with van der Waals surface area (Å²) in [5.41, 5.74) is 9.94. The second-order valence-corrected chi connectivity index (χ2v) is 14.4. The Morgan fingerprint density at radius 2 is 0.704 bits per heavy atom. The molecule has 0 bridgehead atoms. The molecule has 250 valence electrons. The SMILES string of the molecule is c1ccc2cc(-c3ccc4c(-c5ccc(-c6cccc7ccccc67)cc5)c5ccccc5c(-c5cc6ccccc6c6ccccc56)c4c3)ccc2c1. The Hall–Kier alpha value is -7.02. The first-order valence-electron chi connectivity index (χ1n) is 18.8. The predicted octanol–water partition coefficient (Wildman–Crippen LogP) is 15.3. The highest BCUT2D eigenvalue weighted by Crippen LogP contribution is 2.48. The van der Waals surface area contributed by atoms with Gasteiger partial charge in [-0.05, 0) is 127 Å². The maximum absolute atomic E-state index is 2.44. The van der Waals surface area contributed by atoms with E-state index in [9.17, 15) is 0 Å². The van der Waals surface area contributed by atoms with Gasteiger partial charge >= 0.3 is 0 Å². The largest absolute Gasteiger partial charge is 0.0616 e. The van der Waals surface area contributed by atoms with Crippen LogP contribution in [0.1, 0.15) is 0 Å². The third-order valence-corrected chi connectivity index (χ3v) is 11.4. The lowest BCUT2D eigenvalue weighted by Gasteiger charge is -2.20. The third kappa shape index (κ3) is 4.85. The zero-order chi connectivity index (χ0) is 35.6. The Labute approximate surface area is 314 Å². The van der Waals surface area contributed by atoms with Gasteiger partial charge in [0.1, 0.15) is 0 Å². The molecular formula is C54H34. The van der Waals surface area contributed by atoms with Gasteiger partial charge in [0.05, 0.1) is 0 Å². The highest BCUT2D eigenvalue weighted by molar-refractivity contribution is 6.26. The smallest absolute Gasteiger partial charge is 0.00197 e. The minimum atomic E-state index is 1.21. The molecule has 0 heterocycles. The molecule has 0 aliphatic heterocycles. The highest BCUT2D eigenvalue weighted by Gasteiger charge is 2.20. The van der Waals surface area contributed by atoms with Gasteiger partial charge in [0.2, 0.25) is 0 Å². The van der Waals surface area contributed by atoms with E-state index < -0.39 is 0 Å². The second-order valence-electron chi connectivity index (χ2n) is 14.4. The number of fused-ring (bicyclic) bond motifs is 7. The lowest BCUT2D eigenvalue weighted by atomic mass is 9.82.